The van der Waals surface area contributed by atoms with Crippen LogP contribution in [0, 0.1) is 6.92 Å². The van der Waals surface area contributed by atoms with Crippen molar-refractivity contribution >= 4 is 17.0 Å². The van der Waals surface area contributed by atoms with Crippen molar-refractivity contribution in [2.75, 3.05) is 13.1 Å². The fourth-order valence-corrected chi connectivity index (χ4v) is 3.26. The van der Waals surface area contributed by atoms with Crippen LogP contribution >= 0.6 is 0 Å². The van der Waals surface area contributed by atoms with E-state index in [0.717, 1.165) is 25.9 Å². The highest BCUT2D eigenvalue weighted by Gasteiger charge is 2.24. The van der Waals surface area contributed by atoms with Crippen LogP contribution in [-0.4, -0.2) is 34.0 Å². The summed E-state index contributed by atoms with van der Waals surface area (Å²) in [5, 5.41) is 4.68. The smallest absolute Gasteiger partial charge is 0.259 e. The van der Waals surface area contributed by atoms with Crippen LogP contribution in [0.4, 0.5) is 0 Å². The molecule has 1 aliphatic heterocycles. The van der Waals surface area contributed by atoms with E-state index in [0.29, 0.717) is 33.8 Å². The van der Waals surface area contributed by atoms with E-state index < -0.39 is 0 Å². The summed E-state index contributed by atoms with van der Waals surface area (Å²) in [6, 6.07) is 5.40. The minimum absolute atomic E-state index is 0.0170. The van der Waals surface area contributed by atoms with Crippen LogP contribution in [0.2, 0.25) is 0 Å². The number of fused-ring (bicyclic) bond motifs is 1. The van der Waals surface area contributed by atoms with E-state index in [2.05, 4.69) is 10.1 Å². The van der Waals surface area contributed by atoms with Gasteiger partial charge in [-0.15, -0.1) is 0 Å². The third kappa shape index (κ3) is 2.58. The summed E-state index contributed by atoms with van der Waals surface area (Å²) in [5.74, 6) is 0.624. The van der Waals surface area contributed by atoms with Gasteiger partial charge in [-0.25, -0.2) is 4.98 Å². The SMILES string of the molecule is Cc1noc2nc(-c3ccco3)cc(C(=O)N3CCCCCC3)c12. The summed E-state index contributed by atoms with van der Waals surface area (Å²) in [6.07, 6.45) is 6.04. The van der Waals surface area contributed by atoms with Crippen molar-refractivity contribution in [1.82, 2.24) is 15.0 Å². The van der Waals surface area contributed by atoms with Crippen LogP contribution in [0.15, 0.2) is 33.4 Å². The van der Waals surface area contributed by atoms with Crippen LogP contribution in [-0.2, 0) is 0 Å². The van der Waals surface area contributed by atoms with E-state index in [1.165, 1.54) is 12.8 Å². The Morgan fingerprint density at radius 1 is 1.21 bits per heavy atom. The molecule has 124 valence electrons. The molecule has 0 N–H and O–H groups in total. The van der Waals surface area contributed by atoms with E-state index in [4.69, 9.17) is 8.94 Å². The Morgan fingerprint density at radius 2 is 2.00 bits per heavy atom. The molecule has 0 atom stereocenters. The maximum Gasteiger partial charge on any atom is 0.259 e. The second-order valence-corrected chi connectivity index (χ2v) is 6.19. The Morgan fingerprint density at radius 3 is 2.71 bits per heavy atom. The van der Waals surface area contributed by atoms with Crippen molar-refractivity contribution in [3.8, 4) is 11.5 Å². The summed E-state index contributed by atoms with van der Waals surface area (Å²) in [7, 11) is 0. The molecule has 1 aliphatic rings. The van der Waals surface area contributed by atoms with Gasteiger partial charge in [0.05, 0.1) is 22.9 Å². The van der Waals surface area contributed by atoms with E-state index in [9.17, 15) is 4.79 Å². The summed E-state index contributed by atoms with van der Waals surface area (Å²) < 4.78 is 10.7. The summed E-state index contributed by atoms with van der Waals surface area (Å²) in [6.45, 7) is 3.42. The normalized spacial score (nSPS) is 15.6. The second kappa shape index (κ2) is 6.11. The van der Waals surface area contributed by atoms with Crippen LogP contribution in [0.5, 0.6) is 0 Å². The zero-order chi connectivity index (χ0) is 16.5. The van der Waals surface area contributed by atoms with E-state index in [-0.39, 0.29) is 5.91 Å². The van der Waals surface area contributed by atoms with Crippen LogP contribution in [0.3, 0.4) is 0 Å². The minimum Gasteiger partial charge on any atom is -0.463 e. The number of furan rings is 1. The van der Waals surface area contributed by atoms with Gasteiger partial charge in [-0.05, 0) is 38.0 Å². The number of aromatic nitrogens is 2. The minimum atomic E-state index is 0.0170. The van der Waals surface area contributed by atoms with Crippen molar-refractivity contribution in [1.29, 1.82) is 0 Å². The molecular weight excluding hydrogens is 306 g/mol. The molecule has 6 heteroatoms. The topological polar surface area (TPSA) is 72.4 Å². The molecule has 0 saturated carbocycles. The van der Waals surface area contributed by atoms with Crippen molar-refractivity contribution in [2.45, 2.75) is 32.6 Å². The molecule has 0 unspecified atom stereocenters. The van der Waals surface area contributed by atoms with Gasteiger partial charge in [0, 0.05) is 13.1 Å². The third-order valence-corrected chi connectivity index (χ3v) is 4.51. The molecule has 0 aromatic carbocycles. The lowest BCUT2D eigenvalue weighted by Gasteiger charge is -2.20. The highest BCUT2D eigenvalue weighted by atomic mass is 16.5. The molecule has 1 saturated heterocycles. The van der Waals surface area contributed by atoms with Crippen LogP contribution in [0.25, 0.3) is 22.6 Å². The molecule has 0 radical (unpaired) electrons. The van der Waals surface area contributed by atoms with Gasteiger partial charge in [-0.2, -0.15) is 0 Å². The van der Waals surface area contributed by atoms with Crippen molar-refractivity contribution in [3.63, 3.8) is 0 Å². The molecule has 1 amide bonds. The molecule has 6 nitrogen and oxygen atoms in total. The first-order valence-corrected chi connectivity index (χ1v) is 8.34. The molecular formula is C18H19N3O3. The van der Waals surface area contributed by atoms with E-state index in [1.807, 2.05) is 17.9 Å². The van der Waals surface area contributed by atoms with Crippen LogP contribution in [0.1, 0.15) is 41.7 Å². The van der Waals surface area contributed by atoms with Gasteiger partial charge >= 0.3 is 0 Å². The lowest BCUT2D eigenvalue weighted by atomic mass is 10.1. The molecule has 0 bridgehead atoms. The molecule has 4 heterocycles. The summed E-state index contributed by atoms with van der Waals surface area (Å²) in [4.78, 5) is 19.5. The van der Waals surface area contributed by atoms with Crippen molar-refractivity contribution in [3.05, 3.63) is 35.7 Å². The maximum atomic E-state index is 13.1. The summed E-state index contributed by atoms with van der Waals surface area (Å²) in [5.41, 5.74) is 2.23. The van der Waals surface area contributed by atoms with Crippen molar-refractivity contribution in [2.24, 2.45) is 0 Å². The number of rotatable bonds is 2. The number of hydrogen-bond donors (Lipinski definition) is 0. The first-order valence-electron chi connectivity index (χ1n) is 8.34. The van der Waals surface area contributed by atoms with E-state index in [1.54, 1.807) is 18.4 Å². The number of aryl methyl sites for hydroxylation is 1. The highest BCUT2D eigenvalue weighted by Crippen LogP contribution is 2.28. The molecule has 24 heavy (non-hydrogen) atoms. The predicted molar refractivity (Wildman–Crippen MR) is 88.6 cm³/mol. The van der Waals surface area contributed by atoms with Gasteiger partial charge in [0.15, 0.2) is 5.76 Å². The van der Waals surface area contributed by atoms with Gasteiger partial charge in [0.1, 0.15) is 5.69 Å². The fourth-order valence-electron chi connectivity index (χ4n) is 3.26. The molecule has 4 rings (SSSR count). The van der Waals surface area contributed by atoms with E-state index >= 15 is 0 Å². The molecule has 1 fully saturated rings. The number of likely N-dealkylation sites (tertiary alicyclic amines) is 1. The molecule has 3 aromatic heterocycles. The quantitative estimate of drug-likeness (QED) is 0.716. The second-order valence-electron chi connectivity index (χ2n) is 6.19. The van der Waals surface area contributed by atoms with Gasteiger partial charge in [0.25, 0.3) is 11.6 Å². The maximum absolute atomic E-state index is 13.1. The molecule has 0 spiro atoms. The predicted octanol–water partition coefficient (Wildman–Crippen LogP) is 3.81. The number of carbonyl (C=O) groups excluding carboxylic acids is 1. The number of pyridine rings is 1. The zero-order valence-electron chi connectivity index (χ0n) is 13.6. The van der Waals surface area contributed by atoms with Gasteiger partial charge < -0.3 is 13.8 Å². The Labute approximate surface area is 139 Å². The standard InChI is InChI=1S/C18H19N3O3/c1-12-16-13(18(22)21-8-4-2-3-5-9-21)11-14(15-7-6-10-23-15)19-17(16)24-20-12/h6-7,10-11H,2-5,8-9H2,1H3. The first kappa shape index (κ1) is 14.9. The molecule has 0 aliphatic carbocycles. The number of carbonyl (C=O) groups is 1. The average molecular weight is 325 g/mol. The fraction of sp³-hybridized carbons (Fsp3) is 0.389. The highest BCUT2D eigenvalue weighted by molar-refractivity contribution is 6.06. The van der Waals surface area contributed by atoms with Gasteiger partial charge in [-0.3, -0.25) is 4.79 Å². The first-order chi connectivity index (χ1) is 11.7. The Kier molecular flexibility index (Phi) is 3.80. The lowest BCUT2D eigenvalue weighted by Crippen LogP contribution is -2.32. The number of nitrogens with zero attached hydrogens (tertiary/aromatic N) is 3. The van der Waals surface area contributed by atoms with Crippen LogP contribution < -0.4 is 0 Å². The lowest BCUT2D eigenvalue weighted by molar-refractivity contribution is 0.0763. The Balaban J connectivity index is 1.83. The number of amides is 1. The average Bonchev–Trinajstić information content (AvgIpc) is 3.17. The Hall–Kier alpha value is -2.63. The summed E-state index contributed by atoms with van der Waals surface area (Å²) >= 11 is 0. The number of hydrogen-bond acceptors (Lipinski definition) is 5. The van der Waals surface area contributed by atoms with Gasteiger partial charge in [0.2, 0.25) is 0 Å². The third-order valence-electron chi connectivity index (χ3n) is 4.51. The van der Waals surface area contributed by atoms with Gasteiger partial charge in [-0.1, -0.05) is 18.0 Å². The zero-order valence-corrected chi connectivity index (χ0v) is 13.6. The molecule has 3 aromatic rings. The van der Waals surface area contributed by atoms with Crippen molar-refractivity contribution < 1.29 is 13.7 Å². The monoisotopic (exact) mass is 325 g/mol. The Bertz CT molecular complexity index is 859. The largest absolute Gasteiger partial charge is 0.463 e.